The summed E-state index contributed by atoms with van der Waals surface area (Å²) in [5.74, 6) is 0. The third-order valence-corrected chi connectivity index (χ3v) is 2.96. The van der Waals surface area contributed by atoms with E-state index in [1.165, 1.54) is 6.20 Å². The molecule has 0 atom stereocenters. The molecular weight excluding hydrogens is 204 g/mol. The molecule has 3 aromatic heterocycles. The summed E-state index contributed by atoms with van der Waals surface area (Å²) in [5, 5.41) is 19.1. The van der Waals surface area contributed by atoms with Crippen molar-refractivity contribution in [2.45, 2.75) is 0 Å². The molecule has 1 aliphatic rings. The van der Waals surface area contributed by atoms with Crippen LogP contribution < -0.4 is 4.73 Å². The summed E-state index contributed by atoms with van der Waals surface area (Å²) in [6, 6.07) is 3.80. The normalized spacial score (nSPS) is 12.0. The monoisotopic (exact) mass is 210 g/mol. The smallest absolute Gasteiger partial charge is 0.188 e. The van der Waals surface area contributed by atoms with Gasteiger partial charge in [-0.15, -0.1) is 10.2 Å². The largest absolute Gasteiger partial charge is 0.619 e. The highest BCUT2D eigenvalue weighted by Crippen LogP contribution is 2.47. The fourth-order valence-corrected chi connectivity index (χ4v) is 2.23. The summed E-state index contributed by atoms with van der Waals surface area (Å²) in [4.78, 5) is 0. The molecule has 16 heavy (non-hydrogen) atoms. The van der Waals surface area contributed by atoms with Gasteiger partial charge in [-0.3, -0.25) is 4.40 Å². The van der Waals surface area contributed by atoms with E-state index in [-0.39, 0.29) is 0 Å². The molecule has 0 radical (unpaired) electrons. The molecule has 0 bridgehead atoms. The number of aromatic nitrogens is 4. The maximum Gasteiger partial charge on any atom is 0.188 e. The van der Waals surface area contributed by atoms with Crippen molar-refractivity contribution in [1.82, 2.24) is 14.6 Å². The summed E-state index contributed by atoms with van der Waals surface area (Å²) in [6.45, 7) is 0. The fraction of sp³-hybridized carbons (Fsp3) is 0. The third-order valence-electron chi connectivity index (χ3n) is 2.96. The van der Waals surface area contributed by atoms with E-state index in [0.717, 1.165) is 32.6 Å². The van der Waals surface area contributed by atoms with Crippen molar-refractivity contribution in [3.05, 3.63) is 42.3 Å². The second-order valence-electron chi connectivity index (χ2n) is 3.80. The SMILES string of the molecule is [O-][n+]1ccc2c(c1)-c1ccn3cnnc3c1-2. The van der Waals surface area contributed by atoms with Crippen LogP contribution in [0.15, 0.2) is 37.1 Å². The van der Waals surface area contributed by atoms with Crippen LogP contribution in [-0.4, -0.2) is 14.6 Å². The van der Waals surface area contributed by atoms with Gasteiger partial charge in [-0.1, -0.05) is 0 Å². The lowest BCUT2D eigenvalue weighted by atomic mass is 9.83. The quantitative estimate of drug-likeness (QED) is 0.321. The van der Waals surface area contributed by atoms with E-state index in [1.807, 2.05) is 22.7 Å². The molecule has 4 rings (SSSR count). The van der Waals surface area contributed by atoms with Crippen molar-refractivity contribution in [2.75, 3.05) is 0 Å². The maximum absolute atomic E-state index is 11.2. The zero-order chi connectivity index (χ0) is 10.7. The molecule has 0 unspecified atom stereocenters. The number of nitrogens with zero attached hydrogens (tertiary/aromatic N) is 4. The lowest BCUT2D eigenvalue weighted by Gasteiger charge is -2.22. The van der Waals surface area contributed by atoms with Gasteiger partial charge in [-0.25, -0.2) is 0 Å². The van der Waals surface area contributed by atoms with Crippen LogP contribution in [0.4, 0.5) is 0 Å². The van der Waals surface area contributed by atoms with Gasteiger partial charge in [0.15, 0.2) is 18.0 Å². The van der Waals surface area contributed by atoms with E-state index in [9.17, 15) is 5.21 Å². The van der Waals surface area contributed by atoms with Crippen molar-refractivity contribution in [3.63, 3.8) is 0 Å². The molecule has 0 fully saturated rings. The zero-order valence-corrected chi connectivity index (χ0v) is 8.16. The first kappa shape index (κ1) is 7.81. The maximum atomic E-state index is 11.2. The average Bonchev–Trinajstić information content (AvgIpc) is 2.72. The van der Waals surface area contributed by atoms with E-state index in [1.54, 1.807) is 12.5 Å². The molecule has 5 heteroatoms. The highest BCUT2D eigenvalue weighted by molar-refractivity contribution is 6.07. The predicted molar refractivity (Wildman–Crippen MR) is 56.4 cm³/mol. The third kappa shape index (κ3) is 0.748. The Hall–Kier alpha value is -2.43. The van der Waals surface area contributed by atoms with Crippen LogP contribution in [0.5, 0.6) is 0 Å². The lowest BCUT2D eigenvalue weighted by Crippen LogP contribution is -2.26. The van der Waals surface area contributed by atoms with Crippen LogP contribution in [-0.2, 0) is 0 Å². The topological polar surface area (TPSA) is 57.1 Å². The van der Waals surface area contributed by atoms with E-state index in [2.05, 4.69) is 10.2 Å². The van der Waals surface area contributed by atoms with Crippen molar-refractivity contribution in [3.8, 4) is 22.3 Å². The van der Waals surface area contributed by atoms with Gasteiger partial charge in [0.1, 0.15) is 6.33 Å². The van der Waals surface area contributed by atoms with Gasteiger partial charge < -0.3 is 5.21 Å². The first-order valence-electron chi connectivity index (χ1n) is 4.90. The number of fused-ring (bicyclic) bond motifs is 6. The minimum atomic E-state index is 0.815. The van der Waals surface area contributed by atoms with Gasteiger partial charge in [0.25, 0.3) is 0 Å². The Bertz CT molecular complexity index is 732. The Morgan fingerprint density at radius 1 is 1.19 bits per heavy atom. The molecule has 0 amide bonds. The van der Waals surface area contributed by atoms with Crippen LogP contribution in [0.2, 0.25) is 0 Å². The van der Waals surface area contributed by atoms with Crippen molar-refractivity contribution in [1.29, 1.82) is 0 Å². The fourth-order valence-electron chi connectivity index (χ4n) is 2.23. The van der Waals surface area contributed by atoms with E-state index >= 15 is 0 Å². The highest BCUT2D eigenvalue weighted by atomic mass is 16.5. The van der Waals surface area contributed by atoms with Crippen LogP contribution in [0.3, 0.4) is 0 Å². The number of pyridine rings is 2. The Kier molecular flexibility index (Phi) is 1.16. The molecule has 5 nitrogen and oxygen atoms in total. The zero-order valence-electron chi connectivity index (χ0n) is 8.16. The summed E-state index contributed by atoms with van der Waals surface area (Å²) in [5.41, 5.74) is 5.05. The molecule has 0 aliphatic heterocycles. The lowest BCUT2D eigenvalue weighted by molar-refractivity contribution is -0.604. The van der Waals surface area contributed by atoms with Crippen LogP contribution in [0.1, 0.15) is 0 Å². The van der Waals surface area contributed by atoms with E-state index in [4.69, 9.17) is 0 Å². The van der Waals surface area contributed by atoms with Gasteiger partial charge in [0.05, 0.1) is 5.56 Å². The van der Waals surface area contributed by atoms with Crippen LogP contribution in [0, 0.1) is 5.21 Å². The molecule has 0 saturated heterocycles. The molecule has 0 aromatic carbocycles. The minimum Gasteiger partial charge on any atom is -0.619 e. The first-order valence-corrected chi connectivity index (χ1v) is 4.90. The molecule has 0 N–H and O–H groups in total. The highest BCUT2D eigenvalue weighted by Gasteiger charge is 2.28. The standard InChI is InChI=1S/C11H6N4O/c16-15-4-2-8-9(5-15)7-1-3-14-6-12-13-11(14)10(7)8/h1-6H. The summed E-state index contributed by atoms with van der Waals surface area (Å²) in [7, 11) is 0. The second kappa shape index (κ2) is 2.38. The molecule has 0 saturated carbocycles. The molecule has 76 valence electrons. The molecule has 3 heterocycles. The molecule has 3 aromatic rings. The number of rotatable bonds is 0. The van der Waals surface area contributed by atoms with Gasteiger partial charge in [-0.2, -0.15) is 4.73 Å². The van der Waals surface area contributed by atoms with Gasteiger partial charge in [-0.05, 0) is 6.07 Å². The Balaban J connectivity index is 2.12. The Morgan fingerprint density at radius 2 is 2.12 bits per heavy atom. The minimum absolute atomic E-state index is 0.815. The summed E-state index contributed by atoms with van der Waals surface area (Å²) in [6.07, 6.45) is 6.66. The Labute approximate surface area is 90.2 Å². The number of hydrogen-bond donors (Lipinski definition) is 0. The van der Waals surface area contributed by atoms with Crippen LogP contribution in [0.25, 0.3) is 27.9 Å². The van der Waals surface area contributed by atoms with Crippen molar-refractivity contribution in [2.24, 2.45) is 0 Å². The van der Waals surface area contributed by atoms with Crippen molar-refractivity contribution < 1.29 is 4.73 Å². The van der Waals surface area contributed by atoms with Crippen LogP contribution >= 0.6 is 0 Å². The van der Waals surface area contributed by atoms with Gasteiger partial charge >= 0.3 is 0 Å². The van der Waals surface area contributed by atoms with E-state index in [0.29, 0.717) is 0 Å². The average molecular weight is 210 g/mol. The molecule has 1 aliphatic carbocycles. The first-order chi connectivity index (χ1) is 7.84. The second-order valence-corrected chi connectivity index (χ2v) is 3.80. The van der Waals surface area contributed by atoms with E-state index < -0.39 is 0 Å². The van der Waals surface area contributed by atoms with Gasteiger partial charge in [0.2, 0.25) is 0 Å². The molecule has 0 spiro atoms. The van der Waals surface area contributed by atoms with Crippen molar-refractivity contribution >= 4 is 5.65 Å². The predicted octanol–water partition coefficient (Wildman–Crippen LogP) is 1.01. The Morgan fingerprint density at radius 3 is 3.06 bits per heavy atom. The summed E-state index contributed by atoms with van der Waals surface area (Å²) >= 11 is 0. The molecular formula is C11H6N4O. The number of hydrogen-bond acceptors (Lipinski definition) is 3. The van der Waals surface area contributed by atoms with Gasteiger partial charge in [0, 0.05) is 29.0 Å². The summed E-state index contributed by atoms with van der Waals surface area (Å²) < 4.78 is 2.69.